The van der Waals surface area contributed by atoms with Crippen LogP contribution in [0.5, 0.6) is 0 Å². The third kappa shape index (κ3) is 3.78. The number of benzene rings is 4. The number of fused-ring (bicyclic) bond motifs is 4. The Kier molecular flexibility index (Phi) is 5.19. The van der Waals surface area contributed by atoms with Gasteiger partial charge in [-0.1, -0.05) is 72.8 Å². The maximum Gasteiger partial charge on any atom is 0.259 e. The lowest BCUT2D eigenvalue weighted by atomic mass is 10.1. The van der Waals surface area contributed by atoms with Gasteiger partial charge in [0.15, 0.2) is 5.82 Å². The minimum atomic E-state index is -0.170. The van der Waals surface area contributed by atoms with Crippen LogP contribution >= 0.6 is 0 Å². The van der Waals surface area contributed by atoms with Crippen molar-refractivity contribution in [1.82, 2.24) is 19.5 Å². The Hall–Kier alpha value is -5.29. The van der Waals surface area contributed by atoms with Crippen LogP contribution in [0.4, 0.5) is 0 Å². The van der Waals surface area contributed by atoms with Crippen molar-refractivity contribution in [3.63, 3.8) is 0 Å². The van der Waals surface area contributed by atoms with Crippen LogP contribution in [-0.2, 0) is 0 Å². The van der Waals surface area contributed by atoms with Crippen LogP contribution in [0.2, 0.25) is 0 Å². The molecule has 3 aromatic heterocycles. The molecule has 180 valence electrons. The monoisotopic (exact) mass is 490 g/mol. The molecule has 5 heteroatoms. The molecule has 38 heavy (non-hydrogen) atoms. The molecule has 0 aliphatic carbocycles. The van der Waals surface area contributed by atoms with Crippen LogP contribution in [0.1, 0.15) is 11.1 Å². The molecule has 0 amide bonds. The topological polar surface area (TPSA) is 63.6 Å². The van der Waals surface area contributed by atoms with Crippen LogP contribution in [-0.4, -0.2) is 19.5 Å². The molecular formula is C33H22N4O. The van der Waals surface area contributed by atoms with E-state index in [-0.39, 0.29) is 5.56 Å². The highest BCUT2D eigenvalue weighted by Crippen LogP contribution is 2.31. The Labute approximate surface area is 218 Å². The van der Waals surface area contributed by atoms with Crippen molar-refractivity contribution in [1.29, 1.82) is 0 Å². The zero-order valence-corrected chi connectivity index (χ0v) is 20.4. The van der Waals surface area contributed by atoms with Gasteiger partial charge < -0.3 is 9.55 Å². The summed E-state index contributed by atoms with van der Waals surface area (Å²) in [5, 5.41) is 3.07. The van der Waals surface area contributed by atoms with Gasteiger partial charge in [0.1, 0.15) is 5.69 Å². The molecule has 0 aliphatic rings. The van der Waals surface area contributed by atoms with E-state index in [1.165, 1.54) is 21.8 Å². The lowest BCUT2D eigenvalue weighted by Crippen LogP contribution is -2.09. The third-order valence-electron chi connectivity index (χ3n) is 6.84. The third-order valence-corrected chi connectivity index (χ3v) is 6.84. The molecule has 3 heterocycles. The van der Waals surface area contributed by atoms with E-state index in [1.807, 2.05) is 36.4 Å². The molecule has 0 saturated carbocycles. The number of hydrogen-bond donors (Lipinski definition) is 1. The number of H-pyrrole nitrogens is 1. The van der Waals surface area contributed by atoms with Crippen molar-refractivity contribution < 1.29 is 0 Å². The predicted octanol–water partition coefficient (Wildman–Crippen LogP) is 7.25. The largest absolute Gasteiger partial charge is 0.309 e. The quantitative estimate of drug-likeness (QED) is 0.283. The van der Waals surface area contributed by atoms with Crippen LogP contribution in [0.15, 0.2) is 120 Å². The van der Waals surface area contributed by atoms with E-state index in [4.69, 9.17) is 0 Å². The van der Waals surface area contributed by atoms with Crippen molar-refractivity contribution in [3.8, 4) is 17.2 Å². The first kappa shape index (κ1) is 21.9. The van der Waals surface area contributed by atoms with E-state index in [2.05, 4.69) is 98.4 Å². The second kappa shape index (κ2) is 8.98. The number of aromatic nitrogens is 4. The highest BCUT2D eigenvalue weighted by atomic mass is 16.1. The highest BCUT2D eigenvalue weighted by molar-refractivity contribution is 6.09. The zero-order chi connectivity index (χ0) is 25.5. The van der Waals surface area contributed by atoms with Gasteiger partial charge in [-0.15, -0.1) is 0 Å². The van der Waals surface area contributed by atoms with E-state index in [9.17, 15) is 4.79 Å². The maximum absolute atomic E-state index is 12.5. The lowest BCUT2D eigenvalue weighted by Gasteiger charge is -2.08. The van der Waals surface area contributed by atoms with Gasteiger partial charge in [-0.05, 0) is 59.7 Å². The molecule has 1 N–H and O–H groups in total. The van der Waals surface area contributed by atoms with Crippen molar-refractivity contribution in [2.24, 2.45) is 0 Å². The summed E-state index contributed by atoms with van der Waals surface area (Å²) in [4.78, 5) is 24.4. The van der Waals surface area contributed by atoms with Gasteiger partial charge in [0.2, 0.25) is 0 Å². The summed E-state index contributed by atoms with van der Waals surface area (Å²) in [5.41, 5.74) is 6.67. The summed E-state index contributed by atoms with van der Waals surface area (Å²) in [5.74, 6) is 0.458. The van der Waals surface area contributed by atoms with E-state index < -0.39 is 0 Å². The second-order valence-corrected chi connectivity index (χ2v) is 9.20. The summed E-state index contributed by atoms with van der Waals surface area (Å²) in [6, 6.07) is 36.8. The van der Waals surface area contributed by atoms with Crippen molar-refractivity contribution >= 4 is 44.9 Å². The van der Waals surface area contributed by atoms with Gasteiger partial charge in [-0.2, -0.15) is 0 Å². The zero-order valence-electron chi connectivity index (χ0n) is 20.4. The number of aromatic amines is 1. The fourth-order valence-corrected chi connectivity index (χ4v) is 5.02. The average Bonchev–Trinajstić information content (AvgIpc) is 3.31. The standard InChI is InChI=1S/C33H22N4O/c38-33-27-9-1-4-10-28(27)35-32(36-33)29-21-23(19-20-34-29)14-13-22-15-17-24(18-16-22)37-30-11-5-2-7-25(30)26-8-3-6-12-31(26)37/h1-21H,(H,35,36,38)/b14-13+. The molecular weight excluding hydrogens is 468 g/mol. The van der Waals surface area contributed by atoms with Crippen LogP contribution < -0.4 is 5.56 Å². The Balaban J connectivity index is 1.20. The molecule has 0 radical (unpaired) electrons. The Morgan fingerprint density at radius 3 is 2.03 bits per heavy atom. The fraction of sp³-hybridized carbons (Fsp3) is 0. The predicted molar refractivity (Wildman–Crippen MR) is 155 cm³/mol. The Bertz CT molecular complexity index is 2000. The van der Waals surface area contributed by atoms with Gasteiger partial charge in [0.05, 0.1) is 21.9 Å². The molecule has 4 aromatic carbocycles. The summed E-state index contributed by atoms with van der Waals surface area (Å²) < 4.78 is 2.31. The summed E-state index contributed by atoms with van der Waals surface area (Å²) in [6.45, 7) is 0. The normalized spacial score (nSPS) is 11.7. The van der Waals surface area contributed by atoms with Gasteiger partial charge in [0.25, 0.3) is 5.56 Å². The van der Waals surface area contributed by atoms with E-state index in [0.717, 1.165) is 16.8 Å². The summed E-state index contributed by atoms with van der Waals surface area (Å²) >= 11 is 0. The maximum atomic E-state index is 12.5. The first-order chi connectivity index (χ1) is 18.7. The summed E-state index contributed by atoms with van der Waals surface area (Å²) in [7, 11) is 0. The fourth-order valence-electron chi connectivity index (χ4n) is 5.02. The Morgan fingerprint density at radius 1 is 0.658 bits per heavy atom. The molecule has 0 unspecified atom stereocenters. The van der Waals surface area contributed by atoms with Gasteiger partial charge in [0, 0.05) is 22.7 Å². The first-order valence-corrected chi connectivity index (χ1v) is 12.5. The second-order valence-electron chi connectivity index (χ2n) is 9.20. The number of nitrogens with one attached hydrogen (secondary N) is 1. The SMILES string of the molecule is O=c1[nH]c(-c2cc(/C=C/c3ccc(-n4c5ccccc5c5ccccc54)cc3)ccn2)nc2ccccc12. The first-order valence-electron chi connectivity index (χ1n) is 12.5. The van der Waals surface area contributed by atoms with Crippen LogP contribution in [0.3, 0.4) is 0 Å². The minimum absolute atomic E-state index is 0.170. The van der Waals surface area contributed by atoms with E-state index in [1.54, 1.807) is 12.3 Å². The van der Waals surface area contributed by atoms with Crippen molar-refractivity contribution in [2.75, 3.05) is 0 Å². The Morgan fingerprint density at radius 2 is 1.29 bits per heavy atom. The van der Waals surface area contributed by atoms with Crippen LogP contribution in [0.25, 0.3) is 62.1 Å². The van der Waals surface area contributed by atoms with E-state index >= 15 is 0 Å². The van der Waals surface area contributed by atoms with Crippen molar-refractivity contribution in [2.45, 2.75) is 0 Å². The highest BCUT2D eigenvalue weighted by Gasteiger charge is 2.11. The summed E-state index contributed by atoms with van der Waals surface area (Å²) in [6.07, 6.45) is 5.85. The van der Waals surface area contributed by atoms with Gasteiger partial charge in [-0.3, -0.25) is 9.78 Å². The molecule has 0 aliphatic heterocycles. The van der Waals surface area contributed by atoms with E-state index in [0.29, 0.717) is 22.4 Å². The molecule has 5 nitrogen and oxygen atoms in total. The number of rotatable bonds is 4. The number of pyridine rings is 1. The minimum Gasteiger partial charge on any atom is -0.309 e. The number of hydrogen-bond acceptors (Lipinski definition) is 3. The molecule has 7 rings (SSSR count). The lowest BCUT2D eigenvalue weighted by molar-refractivity contribution is 1.14. The molecule has 0 spiro atoms. The molecule has 0 atom stereocenters. The molecule has 0 bridgehead atoms. The molecule has 0 saturated heterocycles. The number of para-hydroxylation sites is 3. The molecule has 7 aromatic rings. The van der Waals surface area contributed by atoms with Gasteiger partial charge in [-0.25, -0.2) is 4.98 Å². The number of nitrogens with zero attached hydrogens (tertiary/aromatic N) is 3. The average molecular weight is 491 g/mol. The smallest absolute Gasteiger partial charge is 0.259 e. The molecule has 0 fully saturated rings. The van der Waals surface area contributed by atoms with Crippen LogP contribution in [0, 0.1) is 0 Å². The van der Waals surface area contributed by atoms with Gasteiger partial charge >= 0.3 is 0 Å². The van der Waals surface area contributed by atoms with Crippen molar-refractivity contribution in [3.05, 3.63) is 137 Å².